The number of rotatable bonds is 6. The van der Waals surface area contributed by atoms with Crippen molar-refractivity contribution in [1.29, 1.82) is 0 Å². The Kier molecular flexibility index (Phi) is 5.96. The number of ether oxygens (including phenoxy) is 1. The van der Waals surface area contributed by atoms with Gasteiger partial charge in [-0.2, -0.15) is 4.31 Å². The number of carbonyl (C=O) groups is 2. The zero-order chi connectivity index (χ0) is 22.2. The first-order chi connectivity index (χ1) is 14.8. The summed E-state index contributed by atoms with van der Waals surface area (Å²) in [6.45, 7) is 4.40. The number of imide groups is 1. The first kappa shape index (κ1) is 21.7. The molecule has 2 fully saturated rings. The molecular weight excluding hydrogens is 416 g/mol. The topological polar surface area (TPSA) is 84.0 Å². The largest absolute Gasteiger partial charge is 0.377 e. The highest BCUT2D eigenvalue weighted by molar-refractivity contribution is 7.89. The van der Waals surface area contributed by atoms with Crippen LogP contribution in [0.25, 0.3) is 0 Å². The SMILES string of the molecule is Cc1ccc(N2C(=O)CC(N(CC3CCCO3)S(=O)(=O)c3ccc(C)cc3)C2=O)cc1. The summed E-state index contributed by atoms with van der Waals surface area (Å²) < 4.78 is 33.9. The fourth-order valence-corrected chi connectivity index (χ4v) is 5.65. The normalized spacial score (nSPS) is 22.0. The molecule has 2 heterocycles. The highest BCUT2D eigenvalue weighted by Crippen LogP contribution is 2.31. The van der Waals surface area contributed by atoms with Gasteiger partial charge in [0.15, 0.2) is 0 Å². The van der Waals surface area contributed by atoms with Gasteiger partial charge in [0.2, 0.25) is 15.9 Å². The predicted molar refractivity (Wildman–Crippen MR) is 116 cm³/mol. The number of hydrogen-bond acceptors (Lipinski definition) is 5. The zero-order valence-electron chi connectivity index (χ0n) is 17.7. The Morgan fingerprint density at radius 1 is 1.00 bits per heavy atom. The number of hydrogen-bond donors (Lipinski definition) is 0. The van der Waals surface area contributed by atoms with E-state index in [1.54, 1.807) is 24.3 Å². The molecule has 164 valence electrons. The lowest BCUT2D eigenvalue weighted by Crippen LogP contribution is -2.48. The Morgan fingerprint density at radius 3 is 2.19 bits per heavy atom. The van der Waals surface area contributed by atoms with Crippen molar-refractivity contribution in [2.45, 2.75) is 50.2 Å². The van der Waals surface area contributed by atoms with Crippen molar-refractivity contribution in [2.24, 2.45) is 0 Å². The molecule has 2 aromatic carbocycles. The van der Waals surface area contributed by atoms with E-state index in [1.807, 2.05) is 26.0 Å². The van der Waals surface area contributed by atoms with Crippen LogP contribution in [0.15, 0.2) is 53.4 Å². The molecule has 2 unspecified atom stereocenters. The van der Waals surface area contributed by atoms with Gasteiger partial charge in [-0.1, -0.05) is 35.4 Å². The lowest BCUT2D eigenvalue weighted by molar-refractivity contribution is -0.122. The molecule has 2 saturated heterocycles. The predicted octanol–water partition coefficient (Wildman–Crippen LogP) is 2.81. The van der Waals surface area contributed by atoms with Crippen LogP contribution >= 0.6 is 0 Å². The van der Waals surface area contributed by atoms with Gasteiger partial charge >= 0.3 is 0 Å². The number of aryl methyl sites for hydroxylation is 2. The lowest BCUT2D eigenvalue weighted by atomic mass is 10.2. The molecule has 0 N–H and O–H groups in total. The van der Waals surface area contributed by atoms with E-state index in [-0.39, 0.29) is 24.0 Å². The Bertz CT molecular complexity index is 1070. The van der Waals surface area contributed by atoms with Crippen LogP contribution in [0.4, 0.5) is 5.69 Å². The van der Waals surface area contributed by atoms with E-state index in [0.29, 0.717) is 12.3 Å². The molecule has 2 amide bonds. The lowest BCUT2D eigenvalue weighted by Gasteiger charge is -2.29. The Hall–Kier alpha value is -2.55. The van der Waals surface area contributed by atoms with Crippen LogP contribution in [0.1, 0.15) is 30.4 Å². The minimum atomic E-state index is -4.00. The maximum Gasteiger partial charge on any atom is 0.252 e. The van der Waals surface area contributed by atoms with Crippen molar-refractivity contribution in [1.82, 2.24) is 4.31 Å². The number of sulfonamides is 1. The first-order valence-electron chi connectivity index (χ1n) is 10.4. The molecule has 0 spiro atoms. The van der Waals surface area contributed by atoms with E-state index >= 15 is 0 Å². The summed E-state index contributed by atoms with van der Waals surface area (Å²) in [6.07, 6.45) is 1.08. The van der Waals surface area contributed by atoms with E-state index in [4.69, 9.17) is 4.74 Å². The summed E-state index contributed by atoms with van der Waals surface area (Å²) in [5, 5.41) is 0. The molecule has 2 aliphatic rings. The van der Waals surface area contributed by atoms with Gasteiger partial charge in [0.1, 0.15) is 6.04 Å². The maximum absolute atomic E-state index is 13.5. The van der Waals surface area contributed by atoms with Crippen molar-refractivity contribution >= 4 is 27.5 Å². The summed E-state index contributed by atoms with van der Waals surface area (Å²) in [5.41, 5.74) is 2.39. The first-order valence-corrected chi connectivity index (χ1v) is 11.8. The second-order valence-electron chi connectivity index (χ2n) is 8.15. The quantitative estimate of drug-likeness (QED) is 0.643. The van der Waals surface area contributed by atoms with E-state index in [1.165, 1.54) is 16.4 Å². The molecule has 2 atom stereocenters. The number of carbonyl (C=O) groups excluding carboxylic acids is 2. The van der Waals surface area contributed by atoms with Gasteiger partial charge in [-0.25, -0.2) is 13.3 Å². The summed E-state index contributed by atoms with van der Waals surface area (Å²) >= 11 is 0. The standard InChI is InChI=1S/C23H26N2O5S/c1-16-5-9-18(10-6-16)25-22(26)14-21(23(25)27)24(15-19-4-3-13-30-19)31(28,29)20-11-7-17(2)8-12-20/h5-12,19,21H,3-4,13-15H2,1-2H3. The van der Waals surface area contributed by atoms with Gasteiger partial charge in [-0.15, -0.1) is 0 Å². The van der Waals surface area contributed by atoms with Crippen LogP contribution in [0.2, 0.25) is 0 Å². The van der Waals surface area contributed by atoms with Crippen LogP contribution in [0.3, 0.4) is 0 Å². The molecule has 7 nitrogen and oxygen atoms in total. The molecule has 0 radical (unpaired) electrons. The van der Waals surface area contributed by atoms with E-state index in [2.05, 4.69) is 0 Å². The summed E-state index contributed by atoms with van der Waals surface area (Å²) in [6, 6.07) is 12.4. The fraction of sp³-hybridized carbons (Fsp3) is 0.391. The number of anilines is 1. The van der Waals surface area contributed by atoms with Crippen LogP contribution in [0.5, 0.6) is 0 Å². The second-order valence-corrected chi connectivity index (χ2v) is 10.0. The highest BCUT2D eigenvalue weighted by Gasteiger charge is 2.47. The Balaban J connectivity index is 1.69. The highest BCUT2D eigenvalue weighted by atomic mass is 32.2. The zero-order valence-corrected chi connectivity index (χ0v) is 18.5. The minimum Gasteiger partial charge on any atom is -0.377 e. The van der Waals surface area contributed by atoms with Crippen molar-refractivity contribution in [3.63, 3.8) is 0 Å². The average Bonchev–Trinajstić information content (AvgIpc) is 3.35. The molecule has 2 aromatic rings. The third-order valence-corrected chi connectivity index (χ3v) is 7.69. The molecule has 0 bridgehead atoms. The summed E-state index contributed by atoms with van der Waals surface area (Å²) in [7, 11) is -4.00. The van der Waals surface area contributed by atoms with Crippen molar-refractivity contribution in [2.75, 3.05) is 18.1 Å². The Morgan fingerprint density at radius 2 is 1.61 bits per heavy atom. The molecular formula is C23H26N2O5S. The maximum atomic E-state index is 13.5. The molecule has 0 aromatic heterocycles. The second kappa shape index (κ2) is 8.53. The van der Waals surface area contributed by atoms with Gasteiger partial charge in [0.25, 0.3) is 5.91 Å². The average molecular weight is 443 g/mol. The molecule has 4 rings (SSSR count). The van der Waals surface area contributed by atoms with E-state index in [9.17, 15) is 18.0 Å². The third-order valence-electron chi connectivity index (χ3n) is 5.80. The number of nitrogens with zero attached hydrogens (tertiary/aromatic N) is 2. The Labute approximate surface area is 182 Å². The molecule has 0 saturated carbocycles. The van der Waals surface area contributed by atoms with Crippen LogP contribution in [0, 0.1) is 13.8 Å². The molecule has 0 aliphatic carbocycles. The smallest absolute Gasteiger partial charge is 0.252 e. The molecule has 8 heteroatoms. The van der Waals surface area contributed by atoms with Crippen LogP contribution in [-0.2, 0) is 24.3 Å². The van der Waals surface area contributed by atoms with Crippen molar-refractivity contribution in [3.05, 3.63) is 59.7 Å². The van der Waals surface area contributed by atoms with Gasteiger partial charge in [0, 0.05) is 13.2 Å². The molecule has 2 aliphatic heterocycles. The summed E-state index contributed by atoms with van der Waals surface area (Å²) in [5.74, 6) is -0.933. The van der Waals surface area contributed by atoms with Gasteiger partial charge in [0.05, 0.1) is 23.1 Å². The van der Waals surface area contributed by atoms with Gasteiger partial charge in [-0.3, -0.25) is 9.59 Å². The van der Waals surface area contributed by atoms with Crippen molar-refractivity contribution in [3.8, 4) is 0 Å². The minimum absolute atomic E-state index is 0.0433. The van der Waals surface area contributed by atoms with Crippen LogP contribution < -0.4 is 4.90 Å². The van der Waals surface area contributed by atoms with Crippen molar-refractivity contribution < 1.29 is 22.7 Å². The summed E-state index contributed by atoms with van der Waals surface area (Å²) in [4.78, 5) is 27.3. The monoisotopic (exact) mass is 442 g/mol. The van der Waals surface area contributed by atoms with Crippen LogP contribution in [-0.4, -0.2) is 49.8 Å². The van der Waals surface area contributed by atoms with E-state index < -0.39 is 27.9 Å². The van der Waals surface area contributed by atoms with Gasteiger partial charge < -0.3 is 4.74 Å². The molecule has 31 heavy (non-hydrogen) atoms. The number of benzene rings is 2. The third kappa shape index (κ3) is 4.28. The number of amides is 2. The van der Waals surface area contributed by atoms with E-state index in [0.717, 1.165) is 28.9 Å². The van der Waals surface area contributed by atoms with Gasteiger partial charge in [-0.05, 0) is 51.0 Å². The fourth-order valence-electron chi connectivity index (χ4n) is 4.03.